The van der Waals surface area contributed by atoms with E-state index in [-0.39, 0.29) is 17.6 Å². The number of imidazole rings is 1. The highest BCUT2D eigenvalue weighted by Crippen LogP contribution is 2.21. The molecule has 3 N–H and O–H groups in total. The fraction of sp³-hybridized carbons (Fsp3) is 0.438. The molecule has 2 aromatic heterocycles. The predicted octanol–water partition coefficient (Wildman–Crippen LogP) is 0.0369. The van der Waals surface area contributed by atoms with Gasteiger partial charge in [-0.2, -0.15) is 0 Å². The van der Waals surface area contributed by atoms with Crippen LogP contribution in [0.1, 0.15) is 22.6 Å². The number of aryl methyl sites for hydroxylation is 1. The van der Waals surface area contributed by atoms with Gasteiger partial charge in [0, 0.05) is 25.3 Å². The zero-order valence-electron chi connectivity index (χ0n) is 13.7. The lowest BCUT2D eigenvalue weighted by atomic mass is 10.1. The van der Waals surface area contributed by atoms with E-state index in [4.69, 9.17) is 4.74 Å². The Morgan fingerprint density at radius 2 is 2.29 bits per heavy atom. The van der Waals surface area contributed by atoms with E-state index < -0.39 is 6.10 Å². The van der Waals surface area contributed by atoms with Crippen molar-refractivity contribution in [1.29, 1.82) is 0 Å². The van der Waals surface area contributed by atoms with Crippen LogP contribution in [-0.4, -0.2) is 57.9 Å². The smallest absolute Gasteiger partial charge is 0.270 e. The molecule has 0 radical (unpaired) electrons. The number of ether oxygens (including phenoxy) is 1. The molecule has 8 heteroatoms. The third kappa shape index (κ3) is 3.55. The topological polar surface area (TPSA) is 101 Å². The van der Waals surface area contributed by atoms with E-state index in [1.165, 1.54) is 7.11 Å². The first-order valence-corrected chi connectivity index (χ1v) is 7.82. The monoisotopic (exact) mass is 331 g/mol. The van der Waals surface area contributed by atoms with E-state index in [0.717, 1.165) is 5.69 Å². The fourth-order valence-electron chi connectivity index (χ4n) is 2.75. The average Bonchev–Trinajstić information content (AvgIpc) is 3.00. The minimum atomic E-state index is -0.446. The molecular formula is C16H21N5O3. The van der Waals surface area contributed by atoms with Gasteiger partial charge in [-0.1, -0.05) is 0 Å². The number of carbonyl (C=O) groups excluding carboxylic acids is 1. The van der Waals surface area contributed by atoms with Crippen molar-refractivity contribution >= 4 is 5.91 Å². The van der Waals surface area contributed by atoms with Gasteiger partial charge >= 0.3 is 0 Å². The number of rotatable bonds is 4. The Bertz CT molecular complexity index is 730. The summed E-state index contributed by atoms with van der Waals surface area (Å²) in [6.07, 6.45) is 3.61. The number of carbonyl (C=O) groups is 1. The van der Waals surface area contributed by atoms with Gasteiger partial charge in [-0.25, -0.2) is 9.97 Å². The van der Waals surface area contributed by atoms with E-state index in [1.54, 1.807) is 23.0 Å². The van der Waals surface area contributed by atoms with Crippen LogP contribution in [0, 0.1) is 6.92 Å². The molecule has 1 aliphatic heterocycles. The summed E-state index contributed by atoms with van der Waals surface area (Å²) in [7, 11) is 1.51. The molecule has 0 aromatic carbocycles. The van der Waals surface area contributed by atoms with Crippen LogP contribution in [-0.2, 0) is 0 Å². The molecule has 0 unspecified atom stereocenters. The first-order chi connectivity index (χ1) is 11.6. The van der Waals surface area contributed by atoms with Crippen molar-refractivity contribution in [3.05, 3.63) is 36.0 Å². The Balaban J connectivity index is 1.77. The highest BCUT2D eigenvalue weighted by atomic mass is 16.5. The van der Waals surface area contributed by atoms with Crippen molar-refractivity contribution in [2.24, 2.45) is 0 Å². The van der Waals surface area contributed by atoms with Gasteiger partial charge in [0.1, 0.15) is 11.4 Å². The number of aliphatic hydroxyl groups is 1. The predicted molar refractivity (Wildman–Crippen MR) is 87.4 cm³/mol. The average molecular weight is 331 g/mol. The standard InChI is InChI=1S/C16H21N5O3/c1-10-8-21(9-18-10)14-4-3-13(20-16(14)24-2)15(23)19-11-5-12(22)7-17-6-11/h3-4,8-9,11-12,17,22H,5-7H2,1-2H3,(H,19,23)/t11-,12+/m0/s1. The summed E-state index contributed by atoms with van der Waals surface area (Å²) >= 11 is 0. The molecule has 0 bridgehead atoms. The summed E-state index contributed by atoms with van der Waals surface area (Å²) in [5.41, 5.74) is 1.86. The summed E-state index contributed by atoms with van der Waals surface area (Å²) in [5, 5.41) is 15.6. The number of hydrogen-bond donors (Lipinski definition) is 3. The molecule has 1 saturated heterocycles. The summed E-state index contributed by atoms with van der Waals surface area (Å²) in [5.74, 6) is 0.0596. The molecular weight excluding hydrogens is 310 g/mol. The number of hydrogen-bond acceptors (Lipinski definition) is 6. The van der Waals surface area contributed by atoms with E-state index in [1.807, 2.05) is 13.1 Å². The zero-order valence-corrected chi connectivity index (χ0v) is 13.7. The van der Waals surface area contributed by atoms with Crippen LogP contribution in [0.2, 0.25) is 0 Å². The Hall–Kier alpha value is -2.45. The molecule has 0 aliphatic carbocycles. The highest BCUT2D eigenvalue weighted by Gasteiger charge is 2.22. The minimum absolute atomic E-state index is 0.120. The Kier molecular flexibility index (Phi) is 4.77. The second kappa shape index (κ2) is 6.98. The molecule has 0 saturated carbocycles. The number of piperidine rings is 1. The fourth-order valence-corrected chi connectivity index (χ4v) is 2.75. The van der Waals surface area contributed by atoms with Gasteiger partial charge in [-0.15, -0.1) is 0 Å². The van der Waals surface area contributed by atoms with E-state index in [9.17, 15) is 9.90 Å². The molecule has 24 heavy (non-hydrogen) atoms. The number of nitrogens with zero attached hydrogens (tertiary/aromatic N) is 3. The maximum atomic E-state index is 12.4. The van der Waals surface area contributed by atoms with Crippen molar-refractivity contribution in [3.8, 4) is 11.6 Å². The van der Waals surface area contributed by atoms with Gasteiger partial charge in [0.2, 0.25) is 5.88 Å². The number of nitrogens with one attached hydrogen (secondary N) is 2. The second-order valence-corrected chi connectivity index (χ2v) is 5.87. The van der Waals surface area contributed by atoms with Crippen molar-refractivity contribution < 1.29 is 14.6 Å². The Labute approximate surface area is 139 Å². The van der Waals surface area contributed by atoms with Gasteiger partial charge in [0.25, 0.3) is 5.91 Å². The third-order valence-corrected chi connectivity index (χ3v) is 3.92. The van der Waals surface area contributed by atoms with E-state index in [2.05, 4.69) is 20.6 Å². The normalized spacial score (nSPS) is 20.6. The third-order valence-electron chi connectivity index (χ3n) is 3.92. The molecule has 2 atom stereocenters. The van der Waals surface area contributed by atoms with Crippen molar-refractivity contribution in [2.45, 2.75) is 25.5 Å². The largest absolute Gasteiger partial charge is 0.479 e. The summed E-state index contributed by atoms with van der Waals surface area (Å²) in [6, 6.07) is 3.30. The number of β-amino-alcohol motifs (C(OH)–C–C–N with tert-alkyl or cyclic N) is 1. The molecule has 3 heterocycles. The van der Waals surface area contributed by atoms with Gasteiger partial charge in [0.05, 0.1) is 25.2 Å². The molecule has 2 aromatic rings. The van der Waals surface area contributed by atoms with Crippen molar-refractivity contribution in [1.82, 2.24) is 25.2 Å². The lowest BCUT2D eigenvalue weighted by molar-refractivity contribution is 0.0871. The number of pyridine rings is 1. The first kappa shape index (κ1) is 16.4. The molecule has 1 fully saturated rings. The quantitative estimate of drug-likeness (QED) is 0.731. The molecule has 128 valence electrons. The summed E-state index contributed by atoms with van der Waals surface area (Å²) in [6.45, 7) is 3.08. The van der Waals surface area contributed by atoms with Crippen LogP contribution in [0.25, 0.3) is 5.69 Å². The Morgan fingerprint density at radius 3 is 2.96 bits per heavy atom. The lowest BCUT2D eigenvalue weighted by Crippen LogP contribution is -2.50. The number of amides is 1. The number of aliphatic hydroxyl groups excluding tert-OH is 1. The van der Waals surface area contributed by atoms with Crippen LogP contribution < -0.4 is 15.4 Å². The van der Waals surface area contributed by atoms with Crippen molar-refractivity contribution in [2.75, 3.05) is 20.2 Å². The van der Waals surface area contributed by atoms with Gasteiger partial charge in [-0.3, -0.25) is 4.79 Å². The van der Waals surface area contributed by atoms with Crippen LogP contribution in [0.3, 0.4) is 0 Å². The van der Waals surface area contributed by atoms with Crippen LogP contribution in [0.4, 0.5) is 0 Å². The Morgan fingerprint density at radius 1 is 1.46 bits per heavy atom. The van der Waals surface area contributed by atoms with Crippen molar-refractivity contribution in [3.63, 3.8) is 0 Å². The van der Waals surface area contributed by atoms with Gasteiger partial charge < -0.3 is 25.0 Å². The second-order valence-electron chi connectivity index (χ2n) is 5.87. The number of methoxy groups -OCH3 is 1. The van der Waals surface area contributed by atoms with Crippen LogP contribution >= 0.6 is 0 Å². The number of aromatic nitrogens is 3. The lowest BCUT2D eigenvalue weighted by Gasteiger charge is -2.27. The van der Waals surface area contributed by atoms with Crippen LogP contribution in [0.15, 0.2) is 24.7 Å². The van der Waals surface area contributed by atoms with Crippen LogP contribution in [0.5, 0.6) is 5.88 Å². The highest BCUT2D eigenvalue weighted by molar-refractivity contribution is 5.92. The SMILES string of the molecule is COc1nc(C(=O)N[C@@H]2CNC[C@H](O)C2)ccc1-n1cnc(C)c1. The van der Waals surface area contributed by atoms with E-state index in [0.29, 0.717) is 31.1 Å². The maximum Gasteiger partial charge on any atom is 0.270 e. The zero-order chi connectivity index (χ0) is 17.1. The maximum absolute atomic E-state index is 12.4. The summed E-state index contributed by atoms with van der Waals surface area (Å²) in [4.78, 5) is 20.9. The molecule has 0 spiro atoms. The molecule has 8 nitrogen and oxygen atoms in total. The van der Waals surface area contributed by atoms with Gasteiger partial charge in [-0.05, 0) is 25.5 Å². The minimum Gasteiger partial charge on any atom is -0.479 e. The van der Waals surface area contributed by atoms with E-state index >= 15 is 0 Å². The molecule has 3 rings (SSSR count). The molecule has 1 amide bonds. The van der Waals surface area contributed by atoms with Gasteiger partial charge in [0.15, 0.2) is 0 Å². The first-order valence-electron chi connectivity index (χ1n) is 7.82. The molecule has 1 aliphatic rings. The summed E-state index contributed by atoms with van der Waals surface area (Å²) < 4.78 is 7.11.